The Hall–Kier alpha value is -3.24. The van der Waals surface area contributed by atoms with E-state index < -0.39 is 17.5 Å². The first-order valence-electron chi connectivity index (χ1n) is 16.6. The fraction of sp³-hybridized carbons (Fsp3) is 0.571. The molecule has 7 nitrogen and oxygen atoms in total. The number of phenols is 1. The maximum atomic E-state index is 16.1. The third-order valence-corrected chi connectivity index (χ3v) is 10.6. The second kappa shape index (κ2) is 11.8. The highest BCUT2D eigenvalue weighted by molar-refractivity contribution is 5.93. The minimum Gasteiger partial charge on any atom is -0.508 e. The second-order valence-corrected chi connectivity index (χ2v) is 14.1. The Bertz CT molecular complexity index is 1640. The molecule has 1 aromatic carbocycles. The summed E-state index contributed by atoms with van der Waals surface area (Å²) in [7, 11) is 0. The van der Waals surface area contributed by atoms with Crippen LogP contribution < -0.4 is 10.6 Å². The largest absolute Gasteiger partial charge is 0.508 e. The summed E-state index contributed by atoms with van der Waals surface area (Å²) >= 11 is 0. The van der Waals surface area contributed by atoms with Crippen LogP contribution in [0.2, 0.25) is 0 Å². The van der Waals surface area contributed by atoms with E-state index in [0.29, 0.717) is 29.0 Å². The van der Waals surface area contributed by atoms with E-state index in [1.165, 1.54) is 50.7 Å². The summed E-state index contributed by atoms with van der Waals surface area (Å²) in [6, 6.07) is 3.83. The maximum Gasteiger partial charge on any atom is 0.175 e. The van der Waals surface area contributed by atoms with Crippen molar-refractivity contribution in [2.24, 2.45) is 17.1 Å². The molecule has 4 fully saturated rings. The van der Waals surface area contributed by atoms with Gasteiger partial charge in [0.25, 0.3) is 0 Å². The van der Waals surface area contributed by atoms with Crippen LogP contribution >= 0.6 is 0 Å². The highest BCUT2D eigenvalue weighted by Gasteiger charge is 2.45. The Balaban J connectivity index is 0.000000308. The number of pyridine rings is 1. The van der Waals surface area contributed by atoms with Gasteiger partial charge in [-0.05, 0) is 86.9 Å². The Kier molecular flexibility index (Phi) is 8.01. The molecule has 0 amide bonds. The summed E-state index contributed by atoms with van der Waals surface area (Å²) in [6.07, 6.45) is 10.6. The molecule has 2 aromatic heterocycles. The molecule has 2 aliphatic carbocycles. The van der Waals surface area contributed by atoms with Gasteiger partial charge in [-0.25, -0.2) is 23.1 Å². The standard InChI is InChI=1S/C27H28F3N5O.C8H15N/c1-2-20-33-25-18(26(34-20)35-7-3-6-27(13-35)10-15(31)11-27)12-32-24(23(25)30)17-9-16(36)8-14-4-5-19(28)22(29)21(14)17;1-7-5-8-3-2-4-9(8)6-7/h8-9,12,15,36H,2-7,10-11,13,31H2,1H3;7-8H,2-6H2,1H3. The second-order valence-electron chi connectivity index (χ2n) is 14.1. The Morgan fingerprint density at radius 3 is 2.67 bits per heavy atom. The van der Waals surface area contributed by atoms with Gasteiger partial charge in [0, 0.05) is 61.9 Å². The predicted octanol–water partition coefficient (Wildman–Crippen LogP) is 6.85. The zero-order valence-electron chi connectivity index (χ0n) is 26.3. The van der Waals surface area contributed by atoms with Crippen LogP contribution in [-0.4, -0.2) is 63.2 Å². The van der Waals surface area contributed by atoms with E-state index in [1.807, 2.05) is 6.92 Å². The van der Waals surface area contributed by atoms with Gasteiger partial charge in [0.1, 0.15) is 34.4 Å². The number of piperidine rings is 1. The first kappa shape index (κ1) is 30.4. The Labute approximate surface area is 262 Å². The van der Waals surface area contributed by atoms with E-state index in [4.69, 9.17) is 10.7 Å². The third kappa shape index (κ3) is 5.58. The first-order valence-corrected chi connectivity index (χ1v) is 16.6. The quantitative estimate of drug-likeness (QED) is 0.331. The van der Waals surface area contributed by atoms with E-state index in [9.17, 15) is 13.9 Å². The van der Waals surface area contributed by atoms with Crippen LogP contribution in [0.4, 0.5) is 19.0 Å². The van der Waals surface area contributed by atoms with Crippen molar-refractivity contribution in [1.82, 2.24) is 19.9 Å². The number of aryl methyl sites for hydroxylation is 2. The van der Waals surface area contributed by atoms with Crippen LogP contribution in [0, 0.1) is 17.2 Å². The molecule has 3 aliphatic heterocycles. The van der Waals surface area contributed by atoms with Gasteiger partial charge >= 0.3 is 0 Å². The smallest absolute Gasteiger partial charge is 0.175 e. The highest BCUT2D eigenvalue weighted by atomic mass is 19.2. The minimum absolute atomic E-state index is 0.00958. The third-order valence-electron chi connectivity index (χ3n) is 10.6. The lowest BCUT2D eigenvalue weighted by Gasteiger charge is -2.52. The van der Waals surface area contributed by atoms with Gasteiger partial charge in [-0.15, -0.1) is 0 Å². The van der Waals surface area contributed by atoms with Crippen molar-refractivity contribution in [2.45, 2.75) is 90.1 Å². The lowest BCUT2D eigenvalue weighted by atomic mass is 9.62. The van der Waals surface area contributed by atoms with Gasteiger partial charge in [-0.3, -0.25) is 4.98 Å². The molecule has 240 valence electrons. The molecule has 3 saturated heterocycles. The van der Waals surface area contributed by atoms with Crippen LogP contribution in [0.3, 0.4) is 0 Å². The molecular formula is C35H43F3N6O. The average Bonchev–Trinajstić information content (AvgIpc) is 3.59. The molecule has 2 unspecified atom stereocenters. The Morgan fingerprint density at radius 1 is 1.09 bits per heavy atom. The van der Waals surface area contributed by atoms with Gasteiger partial charge < -0.3 is 20.6 Å². The van der Waals surface area contributed by atoms with E-state index >= 15 is 4.39 Å². The van der Waals surface area contributed by atoms with Crippen molar-refractivity contribution in [3.05, 3.63) is 46.9 Å². The number of aromatic hydroxyl groups is 1. The van der Waals surface area contributed by atoms with Crippen molar-refractivity contribution >= 4 is 22.5 Å². The lowest BCUT2D eigenvalue weighted by molar-refractivity contribution is 0.0824. The van der Waals surface area contributed by atoms with Crippen LogP contribution in [0.5, 0.6) is 5.75 Å². The predicted molar refractivity (Wildman–Crippen MR) is 171 cm³/mol. The van der Waals surface area contributed by atoms with E-state index in [-0.39, 0.29) is 52.4 Å². The molecule has 8 rings (SSSR count). The normalized spacial score (nSPS) is 27.8. The van der Waals surface area contributed by atoms with Gasteiger partial charge in [-0.1, -0.05) is 13.8 Å². The molecule has 3 aromatic rings. The minimum atomic E-state index is -1.04. The summed E-state index contributed by atoms with van der Waals surface area (Å²) in [5, 5.41) is 10.7. The number of rotatable bonds is 3. The molecule has 5 aliphatic rings. The number of hydrogen-bond acceptors (Lipinski definition) is 7. The fourth-order valence-corrected chi connectivity index (χ4v) is 8.61. The van der Waals surface area contributed by atoms with Gasteiger partial charge in [0.2, 0.25) is 0 Å². The van der Waals surface area contributed by atoms with Crippen molar-refractivity contribution in [3.8, 4) is 17.0 Å². The SMILES string of the molecule is CC1CC2CCCN2C1.CCc1nc(N2CCCC3(CC(N)C3)C2)c2cnc(-c3cc(O)cc4c3C(F)=C(F)CC4)c(F)c2n1. The number of benzene rings is 1. The van der Waals surface area contributed by atoms with Crippen LogP contribution in [0.25, 0.3) is 28.0 Å². The number of fused-ring (bicyclic) bond motifs is 3. The monoisotopic (exact) mass is 620 g/mol. The fourth-order valence-electron chi connectivity index (χ4n) is 8.61. The number of halogens is 3. The molecule has 5 heterocycles. The summed E-state index contributed by atoms with van der Waals surface area (Å²) in [5.41, 5.74) is 6.54. The maximum absolute atomic E-state index is 16.1. The molecular weight excluding hydrogens is 577 g/mol. The topological polar surface area (TPSA) is 91.4 Å². The number of aromatic nitrogens is 3. The van der Waals surface area contributed by atoms with Crippen LogP contribution in [-0.2, 0) is 12.8 Å². The van der Waals surface area contributed by atoms with E-state index in [1.54, 1.807) is 0 Å². The number of nitrogens with two attached hydrogens (primary N) is 1. The molecule has 0 radical (unpaired) electrons. The molecule has 3 N–H and O–H groups in total. The highest BCUT2D eigenvalue weighted by Crippen LogP contribution is 2.48. The van der Waals surface area contributed by atoms with Gasteiger partial charge in [0.15, 0.2) is 11.6 Å². The number of hydrogen-bond donors (Lipinski definition) is 2. The summed E-state index contributed by atoms with van der Waals surface area (Å²) in [6.45, 7) is 8.64. The van der Waals surface area contributed by atoms with E-state index in [0.717, 1.165) is 50.7 Å². The van der Waals surface area contributed by atoms with E-state index in [2.05, 4.69) is 26.7 Å². The number of anilines is 1. The lowest BCUT2D eigenvalue weighted by Crippen LogP contribution is -2.55. The van der Waals surface area contributed by atoms with Gasteiger partial charge in [-0.2, -0.15) is 0 Å². The first-order chi connectivity index (χ1) is 21.6. The molecule has 10 heteroatoms. The van der Waals surface area contributed by atoms with Crippen LogP contribution in [0.1, 0.15) is 82.2 Å². The Morgan fingerprint density at radius 2 is 1.91 bits per heavy atom. The molecule has 0 bridgehead atoms. The van der Waals surface area contributed by atoms with Crippen molar-refractivity contribution < 1.29 is 18.3 Å². The zero-order chi connectivity index (χ0) is 31.5. The number of allylic oxidation sites excluding steroid dienone is 1. The number of phenolic OH excluding ortho intramolecular Hbond substituents is 1. The van der Waals surface area contributed by atoms with Gasteiger partial charge in [0.05, 0.1) is 5.39 Å². The molecule has 45 heavy (non-hydrogen) atoms. The van der Waals surface area contributed by atoms with Crippen molar-refractivity contribution in [2.75, 3.05) is 31.1 Å². The molecule has 1 spiro atoms. The zero-order valence-corrected chi connectivity index (χ0v) is 26.3. The molecule has 1 saturated carbocycles. The van der Waals surface area contributed by atoms with Crippen molar-refractivity contribution in [3.63, 3.8) is 0 Å². The average molecular weight is 621 g/mol. The summed E-state index contributed by atoms with van der Waals surface area (Å²) in [5.74, 6) is -0.705. The summed E-state index contributed by atoms with van der Waals surface area (Å²) in [4.78, 5) is 18.4. The van der Waals surface area contributed by atoms with Crippen molar-refractivity contribution in [1.29, 1.82) is 0 Å². The summed E-state index contributed by atoms with van der Waals surface area (Å²) < 4.78 is 45.2. The molecule has 2 atom stereocenters. The van der Waals surface area contributed by atoms with Crippen LogP contribution in [0.15, 0.2) is 24.2 Å². The number of nitrogens with zero attached hydrogens (tertiary/aromatic N) is 5.